The van der Waals surface area contributed by atoms with Crippen molar-refractivity contribution in [2.24, 2.45) is 0 Å². The first-order chi connectivity index (χ1) is 12.7. The van der Waals surface area contributed by atoms with Crippen molar-refractivity contribution in [3.63, 3.8) is 0 Å². The van der Waals surface area contributed by atoms with E-state index in [2.05, 4.69) is 5.32 Å². The molecule has 134 valence electrons. The van der Waals surface area contributed by atoms with E-state index >= 15 is 0 Å². The monoisotopic (exact) mass is 369 g/mol. The van der Waals surface area contributed by atoms with Gasteiger partial charge in [-0.25, -0.2) is 0 Å². The molecule has 0 unspecified atom stereocenters. The number of benzene rings is 2. The predicted octanol–water partition coefficient (Wildman–Crippen LogP) is 3.77. The molecule has 0 saturated heterocycles. The van der Waals surface area contributed by atoms with Crippen molar-refractivity contribution in [1.29, 1.82) is 0 Å². The fourth-order valence-electron chi connectivity index (χ4n) is 2.54. The average molecular weight is 369 g/mol. The molecule has 2 aromatic carbocycles. The zero-order valence-corrected chi connectivity index (χ0v) is 15.2. The number of rotatable bonds is 7. The first kappa shape index (κ1) is 17.9. The first-order valence-electron chi connectivity index (χ1n) is 8.29. The molecule has 0 fully saturated rings. The highest BCUT2D eigenvalue weighted by Crippen LogP contribution is 2.26. The van der Waals surface area contributed by atoms with Crippen LogP contribution in [0.1, 0.15) is 22.8 Å². The summed E-state index contributed by atoms with van der Waals surface area (Å²) in [5.74, 6) is -0.361. The number of esters is 1. The summed E-state index contributed by atoms with van der Waals surface area (Å²) in [7, 11) is 0. The molecule has 5 nitrogen and oxygen atoms in total. The molecule has 0 aliphatic rings. The van der Waals surface area contributed by atoms with Crippen molar-refractivity contribution >= 4 is 33.3 Å². The van der Waals surface area contributed by atoms with Crippen molar-refractivity contribution in [2.45, 2.75) is 13.5 Å². The number of carbonyl (C=O) groups is 2. The van der Waals surface area contributed by atoms with Crippen molar-refractivity contribution < 1.29 is 19.1 Å². The summed E-state index contributed by atoms with van der Waals surface area (Å²) in [6, 6.07) is 14.9. The zero-order chi connectivity index (χ0) is 18.4. The molecule has 0 aliphatic heterocycles. The predicted molar refractivity (Wildman–Crippen MR) is 102 cm³/mol. The molecule has 0 aliphatic carbocycles. The molecule has 3 aromatic rings. The van der Waals surface area contributed by atoms with E-state index in [1.54, 1.807) is 35.6 Å². The third kappa shape index (κ3) is 4.21. The van der Waals surface area contributed by atoms with Crippen molar-refractivity contribution in [2.75, 3.05) is 13.2 Å². The number of amides is 1. The highest BCUT2D eigenvalue weighted by atomic mass is 32.1. The second-order valence-corrected chi connectivity index (χ2v) is 6.44. The number of hydrogen-bond donors (Lipinski definition) is 1. The van der Waals surface area contributed by atoms with Crippen LogP contribution in [0.5, 0.6) is 5.75 Å². The van der Waals surface area contributed by atoms with Crippen LogP contribution in [0.2, 0.25) is 0 Å². The lowest BCUT2D eigenvalue weighted by atomic mass is 10.2. The van der Waals surface area contributed by atoms with Gasteiger partial charge in [-0.1, -0.05) is 30.3 Å². The summed E-state index contributed by atoms with van der Waals surface area (Å²) < 4.78 is 11.9. The molecule has 0 saturated carbocycles. The molecule has 0 atom stereocenters. The average Bonchev–Trinajstić information content (AvgIpc) is 3.08. The van der Waals surface area contributed by atoms with E-state index in [-0.39, 0.29) is 19.1 Å². The van der Waals surface area contributed by atoms with Crippen LogP contribution in [0.4, 0.5) is 0 Å². The molecular formula is C20H19NO4S. The Balaban J connectivity index is 1.53. The van der Waals surface area contributed by atoms with Gasteiger partial charge in [0.1, 0.15) is 18.9 Å². The second kappa shape index (κ2) is 8.49. The van der Waals surface area contributed by atoms with Gasteiger partial charge in [0.15, 0.2) is 0 Å². The molecule has 3 rings (SSSR count). The van der Waals surface area contributed by atoms with Gasteiger partial charge in [-0.2, -0.15) is 0 Å². The Labute approximate surface area is 155 Å². The van der Waals surface area contributed by atoms with E-state index in [4.69, 9.17) is 9.47 Å². The Hall–Kier alpha value is -2.86. The fourth-order valence-corrected chi connectivity index (χ4v) is 3.48. The second-order valence-electron chi connectivity index (χ2n) is 5.53. The molecule has 1 N–H and O–H groups in total. The lowest BCUT2D eigenvalue weighted by Gasteiger charge is -2.10. The van der Waals surface area contributed by atoms with Gasteiger partial charge in [-0.3, -0.25) is 9.59 Å². The molecule has 1 aromatic heterocycles. The number of thiophene rings is 1. The summed E-state index contributed by atoms with van der Waals surface area (Å²) in [5.41, 5.74) is 1.36. The Morgan fingerprint density at radius 2 is 1.85 bits per heavy atom. The van der Waals surface area contributed by atoms with Crippen molar-refractivity contribution in [1.82, 2.24) is 5.32 Å². The lowest BCUT2D eigenvalue weighted by molar-refractivity contribution is -0.143. The maximum absolute atomic E-state index is 12.3. The van der Waals surface area contributed by atoms with Crippen molar-refractivity contribution in [3.05, 3.63) is 65.0 Å². The van der Waals surface area contributed by atoms with E-state index in [0.29, 0.717) is 17.9 Å². The standard InChI is InChI=1S/C20H19NO4S/c1-2-24-17-9-5-3-8-16(17)20(23)21-11-19(22)25-12-14-13-26-18-10-6-4-7-15(14)18/h3-10,13H,2,11-12H2,1H3,(H,21,23). The van der Waals surface area contributed by atoms with Crippen LogP contribution in [0.3, 0.4) is 0 Å². The Morgan fingerprint density at radius 1 is 1.08 bits per heavy atom. The number of hydrogen-bond acceptors (Lipinski definition) is 5. The molecule has 1 heterocycles. The zero-order valence-electron chi connectivity index (χ0n) is 14.4. The quantitative estimate of drug-likeness (QED) is 0.644. The van der Waals surface area contributed by atoms with Gasteiger partial charge < -0.3 is 14.8 Å². The van der Waals surface area contributed by atoms with Crippen LogP contribution in [0, 0.1) is 0 Å². The maximum Gasteiger partial charge on any atom is 0.325 e. The van der Waals surface area contributed by atoms with Crippen LogP contribution < -0.4 is 10.1 Å². The van der Waals surface area contributed by atoms with Gasteiger partial charge in [0, 0.05) is 10.3 Å². The maximum atomic E-state index is 12.3. The minimum absolute atomic E-state index is 0.189. The third-order valence-corrected chi connectivity index (χ3v) is 4.79. The number of nitrogens with one attached hydrogen (secondary N) is 1. The van der Waals surface area contributed by atoms with Gasteiger partial charge in [0.05, 0.1) is 12.2 Å². The summed E-state index contributed by atoms with van der Waals surface area (Å²) >= 11 is 1.61. The topological polar surface area (TPSA) is 64.6 Å². The van der Waals surface area contributed by atoms with Crippen LogP contribution in [-0.2, 0) is 16.1 Å². The summed E-state index contributed by atoms with van der Waals surface area (Å²) in [5, 5.41) is 5.64. The van der Waals surface area contributed by atoms with Crippen LogP contribution in [-0.4, -0.2) is 25.0 Å². The minimum atomic E-state index is -0.484. The number of para-hydroxylation sites is 1. The smallest absolute Gasteiger partial charge is 0.325 e. The van der Waals surface area contributed by atoms with E-state index in [9.17, 15) is 9.59 Å². The summed E-state index contributed by atoms with van der Waals surface area (Å²) in [6.45, 7) is 2.30. The highest BCUT2D eigenvalue weighted by molar-refractivity contribution is 7.17. The van der Waals surface area contributed by atoms with Gasteiger partial charge in [-0.05, 0) is 35.9 Å². The molecule has 0 bridgehead atoms. The normalized spacial score (nSPS) is 10.5. The Morgan fingerprint density at radius 3 is 2.69 bits per heavy atom. The third-order valence-electron chi connectivity index (χ3n) is 3.77. The molecule has 0 spiro atoms. The molecule has 1 amide bonds. The number of ether oxygens (including phenoxy) is 2. The van der Waals surface area contributed by atoms with E-state index in [1.165, 1.54) is 0 Å². The van der Waals surface area contributed by atoms with Gasteiger partial charge >= 0.3 is 5.97 Å². The Kier molecular flexibility index (Phi) is 5.86. The fraction of sp³-hybridized carbons (Fsp3) is 0.200. The Bertz CT molecular complexity index is 919. The van der Waals surface area contributed by atoms with E-state index < -0.39 is 5.97 Å². The van der Waals surface area contributed by atoms with Crippen LogP contribution in [0.15, 0.2) is 53.9 Å². The van der Waals surface area contributed by atoms with E-state index in [1.807, 2.05) is 36.6 Å². The van der Waals surface area contributed by atoms with E-state index in [0.717, 1.165) is 15.6 Å². The highest BCUT2D eigenvalue weighted by Gasteiger charge is 2.14. The summed E-state index contributed by atoms with van der Waals surface area (Å²) in [6.07, 6.45) is 0. The van der Waals surface area contributed by atoms with Crippen molar-refractivity contribution in [3.8, 4) is 5.75 Å². The molecule has 26 heavy (non-hydrogen) atoms. The van der Waals surface area contributed by atoms with Gasteiger partial charge in [-0.15, -0.1) is 11.3 Å². The van der Waals surface area contributed by atoms with Gasteiger partial charge in [0.2, 0.25) is 0 Å². The first-order valence-corrected chi connectivity index (χ1v) is 9.17. The molecule has 0 radical (unpaired) electrons. The lowest BCUT2D eigenvalue weighted by Crippen LogP contribution is -2.30. The summed E-state index contributed by atoms with van der Waals surface area (Å²) in [4.78, 5) is 24.2. The van der Waals surface area contributed by atoms with Crippen LogP contribution >= 0.6 is 11.3 Å². The minimum Gasteiger partial charge on any atom is -0.493 e. The van der Waals surface area contributed by atoms with Gasteiger partial charge in [0.25, 0.3) is 5.91 Å². The van der Waals surface area contributed by atoms with Crippen LogP contribution in [0.25, 0.3) is 10.1 Å². The number of fused-ring (bicyclic) bond motifs is 1. The molecule has 6 heteroatoms. The SMILES string of the molecule is CCOc1ccccc1C(=O)NCC(=O)OCc1csc2ccccc12. The largest absolute Gasteiger partial charge is 0.493 e. The molecular weight excluding hydrogens is 350 g/mol. The number of carbonyl (C=O) groups excluding carboxylic acids is 2.